The van der Waals surface area contributed by atoms with Gasteiger partial charge in [0.15, 0.2) is 16.3 Å². The fourth-order valence-electron chi connectivity index (χ4n) is 4.07. The van der Waals surface area contributed by atoms with Crippen molar-refractivity contribution in [1.82, 2.24) is 4.57 Å². The summed E-state index contributed by atoms with van der Waals surface area (Å²) in [5.74, 6) is 0.918. The third-order valence-electron chi connectivity index (χ3n) is 5.63. The van der Waals surface area contributed by atoms with E-state index in [1.807, 2.05) is 12.1 Å². The Hall–Kier alpha value is -3.56. The number of para-hydroxylation sites is 1. The van der Waals surface area contributed by atoms with Crippen LogP contribution in [0.1, 0.15) is 24.1 Å². The van der Waals surface area contributed by atoms with Crippen LogP contribution in [0.2, 0.25) is 5.02 Å². The summed E-state index contributed by atoms with van der Waals surface area (Å²) in [5.41, 5.74) is 1.54. The van der Waals surface area contributed by atoms with Gasteiger partial charge in [-0.05, 0) is 37.3 Å². The molecule has 1 aliphatic heterocycles. The molecule has 0 unspecified atom stereocenters. The van der Waals surface area contributed by atoms with E-state index in [9.17, 15) is 9.59 Å². The molecule has 1 atom stereocenters. The second-order valence-electron chi connectivity index (χ2n) is 7.54. The van der Waals surface area contributed by atoms with Crippen LogP contribution in [0, 0.1) is 0 Å². The molecule has 0 amide bonds. The monoisotopic (exact) mass is 514 g/mol. The van der Waals surface area contributed by atoms with Crippen molar-refractivity contribution >= 4 is 35.0 Å². The zero-order chi connectivity index (χ0) is 25.3. The molecule has 182 valence electrons. The first-order chi connectivity index (χ1) is 16.8. The lowest BCUT2D eigenvalue weighted by Gasteiger charge is -2.25. The lowest BCUT2D eigenvalue weighted by atomic mass is 9.95. The number of thiazole rings is 1. The Labute approximate surface area is 210 Å². The molecule has 0 aliphatic carbocycles. The SMILES string of the molecule is COC(=O)C1=C(C)N=c2s/c(=C\c3cccc(OC)c3OC)c(=O)n2[C@H]1c1cc(Cl)ccc1OC. The van der Waals surface area contributed by atoms with E-state index in [0.717, 1.165) is 0 Å². The first-order valence-electron chi connectivity index (χ1n) is 10.5. The van der Waals surface area contributed by atoms with Gasteiger partial charge in [-0.3, -0.25) is 9.36 Å². The first kappa shape index (κ1) is 24.6. The minimum Gasteiger partial charge on any atom is -0.496 e. The number of rotatable bonds is 6. The molecule has 4 rings (SSSR count). The van der Waals surface area contributed by atoms with E-state index in [-0.39, 0.29) is 11.1 Å². The maximum atomic E-state index is 13.8. The number of aromatic nitrogens is 1. The van der Waals surface area contributed by atoms with Crippen molar-refractivity contribution in [2.45, 2.75) is 13.0 Å². The number of halogens is 1. The molecular formula is C25H23ClN2O6S. The molecule has 2 aromatic carbocycles. The zero-order valence-electron chi connectivity index (χ0n) is 19.7. The number of fused-ring (bicyclic) bond motifs is 1. The lowest BCUT2D eigenvalue weighted by molar-refractivity contribution is -0.136. The molecule has 3 aromatic rings. The van der Waals surface area contributed by atoms with Crippen molar-refractivity contribution in [3.8, 4) is 17.2 Å². The van der Waals surface area contributed by atoms with Gasteiger partial charge < -0.3 is 18.9 Å². The van der Waals surface area contributed by atoms with Gasteiger partial charge in [-0.1, -0.05) is 35.1 Å². The van der Waals surface area contributed by atoms with Crippen LogP contribution in [0.3, 0.4) is 0 Å². The van der Waals surface area contributed by atoms with Crippen LogP contribution >= 0.6 is 22.9 Å². The van der Waals surface area contributed by atoms with E-state index >= 15 is 0 Å². The highest BCUT2D eigenvalue weighted by molar-refractivity contribution is 7.07. The van der Waals surface area contributed by atoms with Gasteiger partial charge in [-0.15, -0.1) is 0 Å². The van der Waals surface area contributed by atoms with Crippen LogP contribution < -0.4 is 29.1 Å². The average molecular weight is 515 g/mol. The summed E-state index contributed by atoms with van der Waals surface area (Å²) in [5, 5.41) is 0.433. The van der Waals surface area contributed by atoms with Crippen LogP contribution in [0.5, 0.6) is 17.2 Å². The minimum atomic E-state index is -0.846. The fraction of sp³-hybridized carbons (Fsp3) is 0.240. The van der Waals surface area contributed by atoms with Crippen molar-refractivity contribution in [1.29, 1.82) is 0 Å². The highest BCUT2D eigenvalue weighted by Gasteiger charge is 2.35. The van der Waals surface area contributed by atoms with Gasteiger partial charge >= 0.3 is 5.97 Å². The van der Waals surface area contributed by atoms with Gasteiger partial charge in [0, 0.05) is 16.1 Å². The molecule has 0 N–H and O–H groups in total. The van der Waals surface area contributed by atoms with Crippen molar-refractivity contribution in [2.24, 2.45) is 4.99 Å². The Morgan fingerprint density at radius 2 is 1.83 bits per heavy atom. The highest BCUT2D eigenvalue weighted by atomic mass is 35.5. The molecule has 1 aromatic heterocycles. The summed E-state index contributed by atoms with van der Waals surface area (Å²) in [6.07, 6.45) is 1.72. The molecule has 0 fully saturated rings. The zero-order valence-corrected chi connectivity index (χ0v) is 21.3. The van der Waals surface area contributed by atoms with Crippen molar-refractivity contribution in [3.63, 3.8) is 0 Å². The van der Waals surface area contributed by atoms with Crippen molar-refractivity contribution in [2.75, 3.05) is 28.4 Å². The maximum Gasteiger partial charge on any atom is 0.338 e. The summed E-state index contributed by atoms with van der Waals surface area (Å²) in [6, 6.07) is 9.60. The Bertz CT molecular complexity index is 1520. The number of hydrogen-bond acceptors (Lipinski definition) is 8. The lowest BCUT2D eigenvalue weighted by Crippen LogP contribution is -2.40. The number of nitrogens with zero attached hydrogens (tertiary/aromatic N) is 2. The molecule has 35 heavy (non-hydrogen) atoms. The summed E-state index contributed by atoms with van der Waals surface area (Å²) in [7, 11) is 5.88. The van der Waals surface area contributed by atoms with Crippen LogP contribution in [0.25, 0.3) is 6.08 Å². The highest BCUT2D eigenvalue weighted by Crippen LogP contribution is 2.37. The Balaban J connectivity index is 2.03. The number of carbonyl (C=O) groups is 1. The largest absolute Gasteiger partial charge is 0.496 e. The molecule has 0 spiro atoms. The van der Waals surface area contributed by atoms with Gasteiger partial charge in [0.25, 0.3) is 5.56 Å². The molecular weight excluding hydrogens is 492 g/mol. The number of esters is 1. The van der Waals surface area contributed by atoms with Crippen LogP contribution in [0.4, 0.5) is 0 Å². The standard InChI is InChI=1S/C25H23ClN2O6S/c1-13-20(24(30)34-5)21(16-12-15(26)9-10-17(16)31-2)28-23(29)19(35-25(28)27-13)11-14-7-6-8-18(32-3)22(14)33-4/h6-12,21H,1-5H3/b19-11-/t21-/m0/s1. The number of methoxy groups -OCH3 is 4. The normalized spacial score (nSPS) is 15.4. The topological polar surface area (TPSA) is 88.4 Å². The quantitative estimate of drug-likeness (QED) is 0.470. The maximum absolute atomic E-state index is 13.8. The van der Waals surface area contributed by atoms with E-state index in [1.54, 1.807) is 44.4 Å². The second-order valence-corrected chi connectivity index (χ2v) is 8.99. The van der Waals surface area contributed by atoms with Crippen molar-refractivity contribution in [3.05, 3.63) is 83.5 Å². The van der Waals surface area contributed by atoms with Gasteiger partial charge in [-0.25, -0.2) is 9.79 Å². The average Bonchev–Trinajstić information content (AvgIpc) is 3.16. The smallest absolute Gasteiger partial charge is 0.338 e. The summed E-state index contributed by atoms with van der Waals surface area (Å²) in [6.45, 7) is 1.71. The van der Waals surface area contributed by atoms with Gasteiger partial charge in [0.05, 0.1) is 44.2 Å². The third-order valence-corrected chi connectivity index (χ3v) is 6.85. The number of allylic oxidation sites excluding steroid dienone is 1. The molecule has 8 nitrogen and oxygen atoms in total. The first-order valence-corrected chi connectivity index (χ1v) is 11.7. The van der Waals surface area contributed by atoms with Gasteiger partial charge in [0.2, 0.25) is 0 Å². The fourth-order valence-corrected chi connectivity index (χ4v) is 5.29. The molecule has 0 saturated heterocycles. The van der Waals surface area contributed by atoms with E-state index in [1.165, 1.54) is 37.2 Å². The molecule has 2 heterocycles. The predicted octanol–water partition coefficient (Wildman–Crippen LogP) is 3.09. The molecule has 0 bridgehead atoms. The Morgan fingerprint density at radius 3 is 2.49 bits per heavy atom. The Morgan fingerprint density at radius 1 is 1.09 bits per heavy atom. The van der Waals surface area contributed by atoms with Crippen molar-refractivity contribution < 1.29 is 23.7 Å². The Kier molecular flexibility index (Phi) is 7.00. The van der Waals surface area contributed by atoms with E-state index in [4.69, 9.17) is 30.5 Å². The van der Waals surface area contributed by atoms with Crippen LogP contribution in [-0.2, 0) is 9.53 Å². The predicted molar refractivity (Wildman–Crippen MR) is 133 cm³/mol. The number of carbonyl (C=O) groups excluding carboxylic acids is 1. The van der Waals surface area contributed by atoms with E-state index in [0.29, 0.717) is 48.4 Å². The number of benzene rings is 2. The van der Waals surface area contributed by atoms with Crippen LogP contribution in [0.15, 0.2) is 57.5 Å². The molecule has 0 saturated carbocycles. The molecule has 0 radical (unpaired) electrons. The number of ether oxygens (including phenoxy) is 4. The number of hydrogen-bond donors (Lipinski definition) is 0. The van der Waals surface area contributed by atoms with Gasteiger partial charge in [0.1, 0.15) is 11.8 Å². The minimum absolute atomic E-state index is 0.228. The summed E-state index contributed by atoms with van der Waals surface area (Å²) < 4.78 is 23.4. The summed E-state index contributed by atoms with van der Waals surface area (Å²) in [4.78, 5) is 31.6. The molecule has 10 heteroatoms. The third kappa shape index (κ3) is 4.33. The van der Waals surface area contributed by atoms with Crippen LogP contribution in [-0.4, -0.2) is 39.0 Å². The summed E-state index contributed by atoms with van der Waals surface area (Å²) >= 11 is 7.51. The molecule has 1 aliphatic rings. The second kappa shape index (κ2) is 9.97. The van der Waals surface area contributed by atoms with E-state index in [2.05, 4.69) is 4.99 Å². The van der Waals surface area contributed by atoms with E-state index < -0.39 is 12.0 Å². The van der Waals surface area contributed by atoms with Gasteiger partial charge in [-0.2, -0.15) is 0 Å².